The van der Waals surface area contributed by atoms with Crippen molar-refractivity contribution in [3.8, 4) is 11.5 Å². The van der Waals surface area contributed by atoms with Gasteiger partial charge in [0.15, 0.2) is 6.61 Å². The van der Waals surface area contributed by atoms with E-state index in [0.29, 0.717) is 17.9 Å². The van der Waals surface area contributed by atoms with Crippen LogP contribution >= 0.6 is 0 Å². The zero-order valence-corrected chi connectivity index (χ0v) is 14.3. The normalized spacial score (nSPS) is 10.0. The molecule has 0 aliphatic heterocycles. The average Bonchev–Trinajstić information content (AvgIpc) is 2.65. The third kappa shape index (κ3) is 6.18. The Balaban J connectivity index is 1.72. The second-order valence-electron chi connectivity index (χ2n) is 5.29. The summed E-state index contributed by atoms with van der Waals surface area (Å²) in [7, 11) is 3.15. The van der Waals surface area contributed by atoms with Crippen molar-refractivity contribution in [3.05, 3.63) is 54.1 Å². The Morgan fingerprint density at radius 2 is 1.68 bits per heavy atom. The number of amides is 1. The third-order valence-electron chi connectivity index (χ3n) is 3.49. The molecule has 0 aliphatic carbocycles. The van der Waals surface area contributed by atoms with Gasteiger partial charge in [-0.25, -0.2) is 0 Å². The number of ether oxygens (including phenoxy) is 3. The SMILES string of the molecule is COc1ccc(CCC(=O)OCC(=O)Nc2cccc(OC)c2)cc1. The molecule has 1 N–H and O–H groups in total. The number of carbonyl (C=O) groups is 2. The Morgan fingerprint density at radius 1 is 0.960 bits per heavy atom. The minimum atomic E-state index is -0.420. The highest BCUT2D eigenvalue weighted by Gasteiger charge is 2.09. The molecular weight excluding hydrogens is 322 g/mol. The summed E-state index contributed by atoms with van der Waals surface area (Å²) in [5, 5.41) is 2.65. The molecule has 132 valence electrons. The van der Waals surface area contributed by atoms with Gasteiger partial charge in [-0.05, 0) is 36.2 Å². The second kappa shape index (κ2) is 9.32. The second-order valence-corrected chi connectivity index (χ2v) is 5.29. The Kier molecular flexibility index (Phi) is 6.83. The van der Waals surface area contributed by atoms with Crippen LogP contribution in [-0.2, 0) is 20.7 Å². The Morgan fingerprint density at radius 3 is 2.36 bits per heavy atom. The van der Waals surface area contributed by atoms with Gasteiger partial charge < -0.3 is 19.5 Å². The number of methoxy groups -OCH3 is 2. The summed E-state index contributed by atoms with van der Waals surface area (Å²) >= 11 is 0. The van der Waals surface area contributed by atoms with Crippen molar-refractivity contribution in [1.29, 1.82) is 0 Å². The van der Waals surface area contributed by atoms with E-state index >= 15 is 0 Å². The average molecular weight is 343 g/mol. The van der Waals surface area contributed by atoms with Crippen LogP contribution in [0.3, 0.4) is 0 Å². The number of esters is 1. The van der Waals surface area contributed by atoms with Gasteiger partial charge in [0.05, 0.1) is 14.2 Å². The molecule has 0 heterocycles. The van der Waals surface area contributed by atoms with Gasteiger partial charge in [-0.3, -0.25) is 9.59 Å². The van der Waals surface area contributed by atoms with Crippen LogP contribution < -0.4 is 14.8 Å². The summed E-state index contributed by atoms with van der Waals surface area (Å²) in [6.07, 6.45) is 0.749. The Bertz CT molecular complexity index is 712. The monoisotopic (exact) mass is 343 g/mol. The van der Waals surface area contributed by atoms with E-state index in [-0.39, 0.29) is 13.0 Å². The molecule has 6 heteroatoms. The molecular formula is C19H21NO5. The number of hydrogen-bond donors (Lipinski definition) is 1. The summed E-state index contributed by atoms with van der Waals surface area (Å²) in [4.78, 5) is 23.6. The summed E-state index contributed by atoms with van der Waals surface area (Å²) in [6.45, 7) is -0.321. The van der Waals surface area contributed by atoms with E-state index in [9.17, 15) is 9.59 Å². The van der Waals surface area contributed by atoms with Crippen LogP contribution in [-0.4, -0.2) is 32.7 Å². The quantitative estimate of drug-likeness (QED) is 0.746. The topological polar surface area (TPSA) is 73.9 Å². The van der Waals surface area contributed by atoms with Gasteiger partial charge >= 0.3 is 5.97 Å². The molecule has 2 aromatic carbocycles. The number of nitrogens with one attached hydrogen (secondary N) is 1. The van der Waals surface area contributed by atoms with E-state index in [0.717, 1.165) is 11.3 Å². The molecule has 0 radical (unpaired) electrons. The van der Waals surface area contributed by atoms with Crippen molar-refractivity contribution in [1.82, 2.24) is 0 Å². The van der Waals surface area contributed by atoms with E-state index in [4.69, 9.17) is 14.2 Å². The Hall–Kier alpha value is -3.02. The zero-order chi connectivity index (χ0) is 18.1. The van der Waals surface area contributed by atoms with E-state index < -0.39 is 11.9 Å². The highest BCUT2D eigenvalue weighted by atomic mass is 16.5. The van der Waals surface area contributed by atoms with Crippen LogP contribution in [0.5, 0.6) is 11.5 Å². The van der Waals surface area contributed by atoms with Gasteiger partial charge in [0, 0.05) is 18.2 Å². The predicted octanol–water partition coefficient (Wildman–Crippen LogP) is 2.82. The number of aryl methyl sites for hydroxylation is 1. The predicted molar refractivity (Wildman–Crippen MR) is 93.9 cm³/mol. The van der Waals surface area contributed by atoms with Crippen LogP contribution in [0.15, 0.2) is 48.5 Å². The van der Waals surface area contributed by atoms with E-state index in [2.05, 4.69) is 5.32 Å². The first-order valence-electron chi connectivity index (χ1n) is 7.83. The number of anilines is 1. The highest BCUT2D eigenvalue weighted by Crippen LogP contribution is 2.16. The third-order valence-corrected chi connectivity index (χ3v) is 3.49. The Labute approximate surface area is 146 Å². The lowest BCUT2D eigenvalue weighted by Crippen LogP contribution is -2.21. The van der Waals surface area contributed by atoms with Gasteiger partial charge in [0.2, 0.25) is 0 Å². The fraction of sp³-hybridized carbons (Fsp3) is 0.263. The first kappa shape index (κ1) is 18.3. The molecule has 0 saturated carbocycles. The first-order valence-corrected chi connectivity index (χ1v) is 7.83. The van der Waals surface area contributed by atoms with Crippen LogP contribution in [0.1, 0.15) is 12.0 Å². The van der Waals surface area contributed by atoms with E-state index in [1.54, 1.807) is 38.5 Å². The van der Waals surface area contributed by atoms with Crippen molar-refractivity contribution in [3.63, 3.8) is 0 Å². The van der Waals surface area contributed by atoms with E-state index in [1.165, 1.54) is 0 Å². The summed E-state index contributed by atoms with van der Waals surface area (Å²) < 4.78 is 15.2. The molecule has 0 spiro atoms. The fourth-order valence-electron chi connectivity index (χ4n) is 2.15. The first-order chi connectivity index (χ1) is 12.1. The summed E-state index contributed by atoms with van der Waals surface area (Å²) in [5.74, 6) is 0.581. The summed E-state index contributed by atoms with van der Waals surface area (Å²) in [5.41, 5.74) is 1.58. The van der Waals surface area contributed by atoms with Crippen LogP contribution in [0.25, 0.3) is 0 Å². The lowest BCUT2D eigenvalue weighted by Gasteiger charge is -2.08. The highest BCUT2D eigenvalue weighted by molar-refractivity contribution is 5.92. The molecule has 2 aromatic rings. The van der Waals surface area contributed by atoms with Gasteiger partial charge in [-0.2, -0.15) is 0 Å². The maximum absolute atomic E-state index is 11.8. The lowest BCUT2D eigenvalue weighted by molar-refractivity contribution is -0.147. The number of hydrogen-bond acceptors (Lipinski definition) is 5. The van der Waals surface area contributed by atoms with Crippen molar-refractivity contribution < 1.29 is 23.8 Å². The molecule has 0 aliphatic rings. The van der Waals surface area contributed by atoms with Gasteiger partial charge in [0.25, 0.3) is 5.91 Å². The van der Waals surface area contributed by atoms with Crippen LogP contribution in [0.4, 0.5) is 5.69 Å². The molecule has 0 bridgehead atoms. The standard InChI is InChI=1S/C19H21NO5/c1-23-16-9-6-14(7-10-16)8-11-19(22)25-13-18(21)20-15-4-3-5-17(12-15)24-2/h3-7,9-10,12H,8,11,13H2,1-2H3,(H,20,21). The lowest BCUT2D eigenvalue weighted by atomic mass is 10.1. The number of carbonyl (C=O) groups excluding carboxylic acids is 2. The molecule has 6 nitrogen and oxygen atoms in total. The maximum Gasteiger partial charge on any atom is 0.306 e. The minimum absolute atomic E-state index is 0.207. The molecule has 25 heavy (non-hydrogen) atoms. The van der Waals surface area contributed by atoms with E-state index in [1.807, 2.05) is 24.3 Å². The van der Waals surface area contributed by atoms with Gasteiger partial charge in [-0.1, -0.05) is 18.2 Å². The van der Waals surface area contributed by atoms with Crippen molar-refractivity contribution in [2.75, 3.05) is 26.1 Å². The minimum Gasteiger partial charge on any atom is -0.497 e. The number of rotatable bonds is 8. The molecule has 0 aromatic heterocycles. The summed E-state index contributed by atoms with van der Waals surface area (Å²) in [6, 6.07) is 14.4. The molecule has 0 atom stereocenters. The van der Waals surface area contributed by atoms with Crippen LogP contribution in [0, 0.1) is 0 Å². The van der Waals surface area contributed by atoms with Crippen LogP contribution in [0.2, 0.25) is 0 Å². The van der Waals surface area contributed by atoms with Crippen molar-refractivity contribution in [2.45, 2.75) is 12.8 Å². The smallest absolute Gasteiger partial charge is 0.306 e. The maximum atomic E-state index is 11.8. The number of benzene rings is 2. The molecule has 1 amide bonds. The zero-order valence-electron chi connectivity index (χ0n) is 14.3. The van der Waals surface area contributed by atoms with Crippen molar-refractivity contribution >= 4 is 17.6 Å². The van der Waals surface area contributed by atoms with Gasteiger partial charge in [-0.15, -0.1) is 0 Å². The molecule has 2 rings (SSSR count). The molecule has 0 saturated heterocycles. The molecule has 0 unspecified atom stereocenters. The largest absolute Gasteiger partial charge is 0.497 e. The molecule has 0 fully saturated rings. The van der Waals surface area contributed by atoms with Gasteiger partial charge in [0.1, 0.15) is 11.5 Å². The fourth-order valence-corrected chi connectivity index (χ4v) is 2.15. The van der Waals surface area contributed by atoms with Crippen molar-refractivity contribution in [2.24, 2.45) is 0 Å².